The number of rotatable bonds is 0. The lowest BCUT2D eigenvalue weighted by molar-refractivity contribution is 0.647. The summed E-state index contributed by atoms with van der Waals surface area (Å²) in [5.41, 5.74) is 21.6. The van der Waals surface area contributed by atoms with Crippen LogP contribution in [0.4, 0.5) is 22.7 Å². The molecular formula is C19H26N4. The van der Waals surface area contributed by atoms with Gasteiger partial charge in [0.25, 0.3) is 0 Å². The van der Waals surface area contributed by atoms with Crippen LogP contribution in [-0.2, 0) is 13.1 Å². The van der Waals surface area contributed by atoms with Gasteiger partial charge in [-0.25, -0.2) is 0 Å². The van der Waals surface area contributed by atoms with Gasteiger partial charge in [0.2, 0.25) is 0 Å². The maximum absolute atomic E-state index is 6.08. The summed E-state index contributed by atoms with van der Waals surface area (Å²) in [5.74, 6) is 0. The Kier molecular flexibility index (Phi) is 3.84. The smallest absolute Gasteiger partial charge is 0.0910 e. The number of benzene rings is 2. The Morgan fingerprint density at radius 1 is 0.739 bits per heavy atom. The molecule has 2 bridgehead atoms. The molecule has 23 heavy (non-hydrogen) atoms. The van der Waals surface area contributed by atoms with Crippen LogP contribution in [-0.4, -0.2) is 6.67 Å². The van der Waals surface area contributed by atoms with Crippen molar-refractivity contribution in [3.63, 3.8) is 0 Å². The molecule has 2 aromatic carbocycles. The first kappa shape index (κ1) is 15.5. The molecule has 0 saturated carbocycles. The highest BCUT2D eigenvalue weighted by molar-refractivity contribution is 5.74. The fourth-order valence-electron chi connectivity index (χ4n) is 3.52. The van der Waals surface area contributed by atoms with E-state index in [1.165, 1.54) is 33.6 Å². The van der Waals surface area contributed by atoms with E-state index in [9.17, 15) is 0 Å². The van der Waals surface area contributed by atoms with Gasteiger partial charge in [0.05, 0.1) is 6.67 Å². The van der Waals surface area contributed by atoms with E-state index < -0.39 is 0 Å². The van der Waals surface area contributed by atoms with Crippen molar-refractivity contribution in [2.45, 2.75) is 40.8 Å². The minimum Gasteiger partial charge on any atom is -0.399 e. The van der Waals surface area contributed by atoms with Crippen LogP contribution in [0, 0.1) is 13.8 Å². The van der Waals surface area contributed by atoms with Crippen molar-refractivity contribution in [2.75, 3.05) is 27.9 Å². The zero-order valence-electron chi connectivity index (χ0n) is 14.5. The maximum Gasteiger partial charge on any atom is 0.0910 e. The van der Waals surface area contributed by atoms with Gasteiger partial charge >= 0.3 is 0 Å². The Labute approximate surface area is 138 Å². The summed E-state index contributed by atoms with van der Waals surface area (Å²) in [6, 6.07) is 8.35. The summed E-state index contributed by atoms with van der Waals surface area (Å²) >= 11 is 0. The molecule has 2 aliphatic heterocycles. The summed E-state index contributed by atoms with van der Waals surface area (Å²) in [6.45, 7) is 11.0. The van der Waals surface area contributed by atoms with Gasteiger partial charge in [0.1, 0.15) is 0 Å². The monoisotopic (exact) mass is 310 g/mol. The molecule has 122 valence electrons. The predicted molar refractivity (Wildman–Crippen MR) is 99.8 cm³/mol. The van der Waals surface area contributed by atoms with E-state index in [-0.39, 0.29) is 0 Å². The molecule has 2 aromatic rings. The normalized spacial score (nSPS) is 14.6. The van der Waals surface area contributed by atoms with Gasteiger partial charge in [-0.15, -0.1) is 0 Å². The SMILES string of the molecule is CC.Cc1c(N)ccc2c1CN1CN2Cc2c1ccc(N)c2C. The molecule has 0 fully saturated rings. The van der Waals surface area contributed by atoms with Crippen LogP contribution in [0.15, 0.2) is 24.3 Å². The topological polar surface area (TPSA) is 58.5 Å². The molecule has 2 heterocycles. The van der Waals surface area contributed by atoms with E-state index >= 15 is 0 Å². The number of hydrogen-bond donors (Lipinski definition) is 2. The van der Waals surface area contributed by atoms with Gasteiger partial charge in [0, 0.05) is 35.8 Å². The van der Waals surface area contributed by atoms with E-state index in [1.807, 2.05) is 26.0 Å². The Morgan fingerprint density at radius 2 is 1.13 bits per heavy atom. The molecule has 0 unspecified atom stereocenters. The zero-order valence-corrected chi connectivity index (χ0v) is 14.5. The minimum absolute atomic E-state index is 0.879. The Hall–Kier alpha value is -2.36. The molecule has 4 rings (SSSR count). The summed E-state index contributed by atoms with van der Waals surface area (Å²) in [5, 5.41) is 0. The lowest BCUT2D eigenvalue weighted by Crippen LogP contribution is -2.46. The van der Waals surface area contributed by atoms with Crippen LogP contribution >= 0.6 is 0 Å². The van der Waals surface area contributed by atoms with Crippen LogP contribution in [0.5, 0.6) is 0 Å². The lowest BCUT2D eigenvalue weighted by atomic mass is 9.95. The van der Waals surface area contributed by atoms with Crippen LogP contribution in [0.2, 0.25) is 0 Å². The van der Waals surface area contributed by atoms with E-state index in [4.69, 9.17) is 11.5 Å². The number of hydrogen-bond acceptors (Lipinski definition) is 4. The third-order valence-electron chi connectivity index (χ3n) is 4.95. The lowest BCUT2D eigenvalue weighted by Gasteiger charge is -2.46. The average molecular weight is 310 g/mol. The van der Waals surface area contributed by atoms with Crippen molar-refractivity contribution in [1.29, 1.82) is 0 Å². The molecule has 0 aliphatic carbocycles. The average Bonchev–Trinajstić information content (AvgIpc) is 2.57. The minimum atomic E-state index is 0.879. The second-order valence-electron chi connectivity index (χ2n) is 6.09. The van der Waals surface area contributed by atoms with Gasteiger partial charge in [0.15, 0.2) is 0 Å². The molecule has 0 aromatic heterocycles. The second-order valence-corrected chi connectivity index (χ2v) is 6.09. The fraction of sp³-hybridized carbons (Fsp3) is 0.368. The number of nitrogen functional groups attached to an aromatic ring is 2. The summed E-state index contributed by atoms with van der Waals surface area (Å²) < 4.78 is 0. The number of fused-ring (bicyclic) bond motifs is 6. The van der Waals surface area contributed by atoms with Crippen LogP contribution in [0.25, 0.3) is 0 Å². The molecular weight excluding hydrogens is 284 g/mol. The molecule has 2 aliphatic rings. The summed E-state index contributed by atoms with van der Waals surface area (Å²) in [7, 11) is 0. The summed E-state index contributed by atoms with van der Waals surface area (Å²) in [6.07, 6.45) is 0. The third-order valence-corrected chi connectivity index (χ3v) is 4.95. The van der Waals surface area contributed by atoms with Gasteiger partial charge < -0.3 is 21.3 Å². The van der Waals surface area contributed by atoms with E-state index in [0.717, 1.165) is 31.1 Å². The van der Waals surface area contributed by atoms with Gasteiger partial charge in [-0.3, -0.25) is 0 Å². The first-order valence-corrected chi connectivity index (χ1v) is 8.32. The largest absolute Gasteiger partial charge is 0.399 e. The van der Waals surface area contributed by atoms with Gasteiger partial charge in [-0.05, 0) is 60.4 Å². The summed E-state index contributed by atoms with van der Waals surface area (Å²) in [4.78, 5) is 4.83. The van der Waals surface area contributed by atoms with Crippen molar-refractivity contribution < 1.29 is 0 Å². The maximum atomic E-state index is 6.08. The van der Waals surface area contributed by atoms with Gasteiger partial charge in [-0.1, -0.05) is 13.8 Å². The molecule has 4 N–H and O–H groups in total. The highest BCUT2D eigenvalue weighted by atomic mass is 15.4. The number of nitrogens with two attached hydrogens (primary N) is 2. The highest BCUT2D eigenvalue weighted by Gasteiger charge is 2.31. The molecule has 4 heteroatoms. The third kappa shape index (κ3) is 2.29. The number of anilines is 4. The van der Waals surface area contributed by atoms with E-state index in [2.05, 4.69) is 35.8 Å². The highest BCUT2D eigenvalue weighted by Crippen LogP contribution is 2.41. The predicted octanol–water partition coefficient (Wildman–Crippen LogP) is 3.79. The molecule has 0 saturated heterocycles. The molecule has 0 atom stereocenters. The first-order valence-electron chi connectivity index (χ1n) is 8.32. The van der Waals surface area contributed by atoms with E-state index in [1.54, 1.807) is 0 Å². The van der Waals surface area contributed by atoms with Crippen molar-refractivity contribution >= 4 is 22.7 Å². The molecule has 4 nitrogen and oxygen atoms in total. The zero-order chi connectivity index (χ0) is 16.7. The van der Waals surface area contributed by atoms with Crippen molar-refractivity contribution in [2.24, 2.45) is 0 Å². The Bertz CT molecular complexity index is 688. The fourth-order valence-corrected chi connectivity index (χ4v) is 3.52. The molecule has 0 spiro atoms. The Morgan fingerprint density at radius 3 is 1.52 bits per heavy atom. The number of nitrogens with zero attached hydrogens (tertiary/aromatic N) is 2. The molecule has 0 radical (unpaired) electrons. The van der Waals surface area contributed by atoms with E-state index in [0.29, 0.717) is 0 Å². The van der Waals surface area contributed by atoms with Crippen LogP contribution < -0.4 is 21.3 Å². The van der Waals surface area contributed by atoms with Crippen LogP contribution in [0.3, 0.4) is 0 Å². The van der Waals surface area contributed by atoms with Crippen LogP contribution in [0.1, 0.15) is 36.1 Å². The molecule has 0 amide bonds. The first-order chi connectivity index (χ1) is 11.1. The standard InChI is InChI=1S/C17H20N4.C2H6/c1-10-12-7-20-9-21(16(12)5-3-14(10)18)8-13-11(2)15(19)4-6-17(13)20;1-2/h3-6H,7-9,18-19H2,1-2H3;1-2H3. The Balaban J connectivity index is 0.000000753. The quantitative estimate of drug-likeness (QED) is 0.727. The second kappa shape index (κ2) is 5.69. The van der Waals surface area contributed by atoms with Gasteiger partial charge in [-0.2, -0.15) is 0 Å². The van der Waals surface area contributed by atoms with Crippen molar-refractivity contribution in [3.8, 4) is 0 Å². The van der Waals surface area contributed by atoms with Crippen molar-refractivity contribution in [3.05, 3.63) is 46.5 Å². The van der Waals surface area contributed by atoms with Crippen molar-refractivity contribution in [1.82, 2.24) is 0 Å².